The van der Waals surface area contributed by atoms with Crippen molar-refractivity contribution >= 4 is 31.9 Å². The average molecular weight is 351 g/mol. The minimum Gasteiger partial charge on any atom is -0.435 e. The van der Waals surface area contributed by atoms with Gasteiger partial charge in [-0.3, -0.25) is 0 Å². The lowest BCUT2D eigenvalue weighted by molar-refractivity contribution is -0.182. The van der Waals surface area contributed by atoms with Crippen LogP contribution in [0.4, 0.5) is 0 Å². The lowest BCUT2D eigenvalue weighted by Gasteiger charge is -2.39. The molecule has 0 rings (SSSR count). The summed E-state index contributed by atoms with van der Waals surface area (Å²) < 4.78 is 17.4. The van der Waals surface area contributed by atoms with Crippen LogP contribution in [0.3, 0.4) is 0 Å². The number of rotatable bonds is 8. The smallest absolute Gasteiger partial charge is 0.380 e. The van der Waals surface area contributed by atoms with E-state index in [9.17, 15) is 9.90 Å². The van der Waals surface area contributed by atoms with E-state index in [1.54, 1.807) is 13.8 Å². The second-order valence-corrected chi connectivity index (χ2v) is 19.1. The highest BCUT2D eigenvalue weighted by molar-refractivity contribution is 6.81. The monoisotopic (exact) mass is 350 g/mol. The lowest BCUT2D eigenvalue weighted by Crippen LogP contribution is -2.59. The van der Waals surface area contributed by atoms with E-state index >= 15 is 0 Å². The molecule has 1 N–H and O–H groups in total. The van der Waals surface area contributed by atoms with Gasteiger partial charge < -0.3 is 18.1 Å². The first-order chi connectivity index (χ1) is 9.20. The van der Waals surface area contributed by atoms with Crippen molar-refractivity contribution in [2.45, 2.75) is 65.0 Å². The van der Waals surface area contributed by atoms with E-state index in [-0.39, 0.29) is 12.0 Å². The maximum absolute atomic E-state index is 11.8. The van der Waals surface area contributed by atoms with Crippen LogP contribution < -0.4 is 0 Å². The minimum absolute atomic E-state index is 0.234. The maximum Gasteiger partial charge on any atom is 0.380 e. The Morgan fingerprint density at radius 3 is 1.76 bits per heavy atom. The van der Waals surface area contributed by atoms with Crippen molar-refractivity contribution in [2.24, 2.45) is 0 Å². The molecule has 0 radical (unpaired) electrons. The summed E-state index contributed by atoms with van der Waals surface area (Å²) in [7, 11) is -6.49. The van der Waals surface area contributed by atoms with E-state index in [0.29, 0.717) is 0 Å². The SMILES string of the molecule is C=C(C)C(=O)OC(O)(CC)[SiH](O[Si](C)(C)C)O[Si](C)(C)C. The van der Waals surface area contributed by atoms with Crippen molar-refractivity contribution in [3.63, 3.8) is 0 Å². The molecule has 0 amide bonds. The lowest BCUT2D eigenvalue weighted by atomic mass is 10.3. The van der Waals surface area contributed by atoms with Crippen LogP contribution in [0, 0.1) is 0 Å². The molecule has 0 aliphatic carbocycles. The van der Waals surface area contributed by atoms with Crippen molar-refractivity contribution in [3.8, 4) is 0 Å². The molecule has 0 aromatic rings. The van der Waals surface area contributed by atoms with Crippen LogP contribution in [0.5, 0.6) is 0 Å². The Balaban J connectivity index is 5.40. The van der Waals surface area contributed by atoms with Gasteiger partial charge in [0, 0.05) is 12.0 Å². The Morgan fingerprint density at radius 1 is 1.14 bits per heavy atom. The Bertz CT molecular complexity index is 370. The molecule has 1 unspecified atom stereocenters. The Kier molecular flexibility index (Phi) is 7.25. The van der Waals surface area contributed by atoms with Crippen LogP contribution in [-0.2, 0) is 17.8 Å². The van der Waals surface area contributed by atoms with Gasteiger partial charge in [-0.25, -0.2) is 4.79 Å². The molecule has 0 saturated heterocycles. The zero-order chi connectivity index (χ0) is 17.1. The summed E-state index contributed by atoms with van der Waals surface area (Å²) in [5.74, 6) is -0.616. The zero-order valence-corrected chi connectivity index (χ0v) is 17.7. The number of aliphatic hydroxyl groups is 1. The van der Waals surface area contributed by atoms with Crippen molar-refractivity contribution in [1.29, 1.82) is 0 Å². The molecule has 8 heteroatoms. The van der Waals surface area contributed by atoms with Crippen molar-refractivity contribution in [3.05, 3.63) is 12.2 Å². The molecule has 0 spiro atoms. The van der Waals surface area contributed by atoms with Crippen LogP contribution in [0.15, 0.2) is 12.2 Å². The Hall–Kier alpha value is -0.259. The molecule has 0 aromatic heterocycles. The molecule has 5 nitrogen and oxygen atoms in total. The molecular formula is C13H30O5Si3. The molecular weight excluding hydrogens is 320 g/mol. The van der Waals surface area contributed by atoms with Gasteiger partial charge in [-0.2, -0.15) is 0 Å². The number of carbonyl (C=O) groups excluding carboxylic acids is 1. The number of hydrogen-bond donors (Lipinski definition) is 1. The topological polar surface area (TPSA) is 65.0 Å². The third-order valence-corrected chi connectivity index (χ3v) is 11.0. The van der Waals surface area contributed by atoms with Crippen molar-refractivity contribution in [1.82, 2.24) is 0 Å². The number of carbonyl (C=O) groups is 1. The van der Waals surface area contributed by atoms with Crippen molar-refractivity contribution < 1.29 is 22.9 Å². The number of esters is 1. The Morgan fingerprint density at radius 2 is 1.52 bits per heavy atom. The number of hydrogen-bond acceptors (Lipinski definition) is 5. The zero-order valence-electron chi connectivity index (χ0n) is 14.6. The normalized spacial score (nSPS) is 15.7. The maximum atomic E-state index is 11.8. The predicted molar refractivity (Wildman–Crippen MR) is 92.2 cm³/mol. The van der Waals surface area contributed by atoms with Gasteiger partial charge in [-0.15, -0.1) is 0 Å². The second kappa shape index (κ2) is 7.34. The van der Waals surface area contributed by atoms with Crippen LogP contribution in [-0.4, -0.2) is 42.4 Å². The van der Waals surface area contributed by atoms with Crippen LogP contribution in [0.1, 0.15) is 20.3 Å². The second-order valence-electron chi connectivity index (χ2n) is 7.16. The molecule has 0 fully saturated rings. The van der Waals surface area contributed by atoms with Gasteiger partial charge in [-0.05, 0) is 46.2 Å². The van der Waals surface area contributed by atoms with Gasteiger partial charge >= 0.3 is 15.3 Å². The van der Waals surface area contributed by atoms with E-state index in [0.717, 1.165) is 0 Å². The Labute approximate surface area is 132 Å². The first-order valence-corrected chi connectivity index (χ1v) is 15.5. The van der Waals surface area contributed by atoms with Crippen LogP contribution in [0.2, 0.25) is 39.3 Å². The van der Waals surface area contributed by atoms with Gasteiger partial charge in [0.2, 0.25) is 5.41 Å². The van der Waals surface area contributed by atoms with Gasteiger partial charge in [0.15, 0.2) is 16.6 Å². The third-order valence-electron chi connectivity index (χ3n) is 2.41. The molecule has 0 aliphatic rings. The van der Waals surface area contributed by atoms with Gasteiger partial charge in [0.1, 0.15) is 0 Å². The summed E-state index contributed by atoms with van der Waals surface area (Å²) in [6, 6.07) is 0. The summed E-state index contributed by atoms with van der Waals surface area (Å²) in [5, 5.41) is 10.8. The summed E-state index contributed by atoms with van der Waals surface area (Å²) in [4.78, 5) is 11.8. The van der Waals surface area contributed by atoms with Crippen LogP contribution >= 0.6 is 0 Å². The molecule has 0 heterocycles. The number of ether oxygens (including phenoxy) is 1. The fourth-order valence-electron chi connectivity index (χ4n) is 1.39. The summed E-state index contributed by atoms with van der Waals surface area (Å²) in [6.07, 6.45) is 0.234. The fraction of sp³-hybridized carbons (Fsp3) is 0.769. The first-order valence-electron chi connectivity index (χ1n) is 7.17. The molecule has 1 atom stereocenters. The quantitative estimate of drug-likeness (QED) is 0.315. The molecule has 21 heavy (non-hydrogen) atoms. The van der Waals surface area contributed by atoms with Gasteiger partial charge in [0.05, 0.1) is 0 Å². The first kappa shape index (κ1) is 20.7. The molecule has 0 saturated carbocycles. The van der Waals surface area contributed by atoms with Crippen LogP contribution in [0.25, 0.3) is 0 Å². The van der Waals surface area contributed by atoms with Crippen molar-refractivity contribution in [2.75, 3.05) is 0 Å². The van der Waals surface area contributed by atoms with E-state index < -0.39 is 37.3 Å². The molecule has 0 bridgehead atoms. The van der Waals surface area contributed by atoms with E-state index in [1.165, 1.54) is 0 Å². The largest absolute Gasteiger partial charge is 0.435 e. The molecule has 0 aromatic carbocycles. The fourth-order valence-corrected chi connectivity index (χ4v) is 9.16. The summed E-state index contributed by atoms with van der Waals surface area (Å²) >= 11 is 0. The minimum atomic E-state index is -2.62. The molecule has 124 valence electrons. The van der Waals surface area contributed by atoms with Gasteiger partial charge in [-0.1, -0.05) is 13.5 Å². The van der Waals surface area contributed by atoms with Gasteiger partial charge in [0.25, 0.3) is 0 Å². The standard InChI is InChI=1S/C13H30O5Si3/c1-10-13(15,16-12(14)11(2)3)19(17-20(4,5)6)18-21(7,8)9/h15,19H,2,10H2,1,3-9H3. The average Bonchev–Trinajstić information content (AvgIpc) is 2.23. The predicted octanol–water partition coefficient (Wildman–Crippen LogP) is 2.67. The summed E-state index contributed by atoms with van der Waals surface area (Å²) in [5.41, 5.74) is -1.42. The van der Waals surface area contributed by atoms with E-state index in [2.05, 4.69) is 6.58 Å². The van der Waals surface area contributed by atoms with E-state index in [4.69, 9.17) is 13.0 Å². The highest BCUT2D eigenvalue weighted by atomic mass is 28.4. The third kappa shape index (κ3) is 8.07. The van der Waals surface area contributed by atoms with E-state index in [1.807, 2.05) is 39.3 Å². The molecule has 0 aliphatic heterocycles. The highest BCUT2D eigenvalue weighted by Gasteiger charge is 2.48. The highest BCUT2D eigenvalue weighted by Crippen LogP contribution is 2.25. The summed E-state index contributed by atoms with van der Waals surface area (Å²) in [6.45, 7) is 19.0.